The van der Waals surface area contributed by atoms with Crippen molar-refractivity contribution in [1.82, 2.24) is 25.5 Å². The standard InChI is InChI=1S/C21H24N6S/c1-13-10-15(8-9-22-13)16-11-18-17(23-12-16)6-7-19(24-18)25-21-27-26-20(28-21)14-4-2-3-5-14/h6-8,11-14,22H,2-5,9-10H2,1H3,(H,24,25,27). The highest BCUT2D eigenvalue weighted by molar-refractivity contribution is 7.15. The van der Waals surface area contributed by atoms with Crippen LogP contribution in [0.4, 0.5) is 10.9 Å². The highest BCUT2D eigenvalue weighted by Gasteiger charge is 2.21. The van der Waals surface area contributed by atoms with E-state index in [2.05, 4.69) is 44.9 Å². The number of fused-ring (bicyclic) bond motifs is 1. The number of hydrogen-bond acceptors (Lipinski definition) is 7. The second-order valence-corrected chi connectivity index (χ2v) is 8.76. The van der Waals surface area contributed by atoms with Gasteiger partial charge in [0.05, 0.1) is 11.0 Å². The number of hydrogen-bond donors (Lipinski definition) is 2. The quantitative estimate of drug-likeness (QED) is 0.673. The van der Waals surface area contributed by atoms with Gasteiger partial charge in [-0.2, -0.15) is 0 Å². The topological polar surface area (TPSA) is 75.6 Å². The normalized spacial score (nSPS) is 20.5. The van der Waals surface area contributed by atoms with Crippen LogP contribution >= 0.6 is 11.3 Å². The molecule has 28 heavy (non-hydrogen) atoms. The van der Waals surface area contributed by atoms with E-state index in [-0.39, 0.29) is 0 Å². The molecule has 0 bridgehead atoms. The molecule has 1 saturated carbocycles. The number of anilines is 2. The van der Waals surface area contributed by atoms with Gasteiger partial charge in [0.25, 0.3) is 0 Å². The van der Waals surface area contributed by atoms with Gasteiger partial charge >= 0.3 is 0 Å². The first-order valence-corrected chi connectivity index (χ1v) is 10.9. The molecule has 144 valence electrons. The average molecular weight is 393 g/mol. The summed E-state index contributed by atoms with van der Waals surface area (Å²) in [5.41, 5.74) is 4.30. The van der Waals surface area contributed by atoms with Crippen molar-refractivity contribution in [3.8, 4) is 0 Å². The molecule has 7 heteroatoms. The SMILES string of the molecule is CC1CC(c2cnc3ccc(Nc4nnc(C5CCCC5)s4)nc3c2)=CCN1. The molecule has 3 aromatic heterocycles. The number of pyridine rings is 2. The molecule has 2 aliphatic rings. The second-order valence-electron chi connectivity index (χ2n) is 7.75. The van der Waals surface area contributed by atoms with E-state index in [4.69, 9.17) is 4.98 Å². The average Bonchev–Trinajstić information content (AvgIpc) is 3.39. The molecule has 0 amide bonds. The molecule has 1 unspecified atom stereocenters. The molecule has 3 aromatic rings. The predicted molar refractivity (Wildman–Crippen MR) is 114 cm³/mol. The Bertz CT molecular complexity index is 1020. The molecule has 1 fully saturated rings. The minimum atomic E-state index is 0.489. The predicted octanol–water partition coefficient (Wildman–Crippen LogP) is 4.65. The van der Waals surface area contributed by atoms with Crippen molar-refractivity contribution in [2.75, 3.05) is 11.9 Å². The zero-order valence-corrected chi connectivity index (χ0v) is 16.8. The van der Waals surface area contributed by atoms with Gasteiger partial charge in [0.2, 0.25) is 5.13 Å². The van der Waals surface area contributed by atoms with Crippen molar-refractivity contribution < 1.29 is 0 Å². The maximum atomic E-state index is 4.77. The van der Waals surface area contributed by atoms with E-state index >= 15 is 0 Å². The fourth-order valence-electron chi connectivity index (χ4n) is 4.09. The van der Waals surface area contributed by atoms with Crippen molar-refractivity contribution >= 4 is 38.9 Å². The minimum Gasteiger partial charge on any atom is -0.315 e. The first kappa shape index (κ1) is 17.7. The Kier molecular flexibility index (Phi) is 4.78. The van der Waals surface area contributed by atoms with Crippen LogP contribution < -0.4 is 10.6 Å². The van der Waals surface area contributed by atoms with Crippen LogP contribution in [0, 0.1) is 0 Å². The highest BCUT2D eigenvalue weighted by Crippen LogP contribution is 2.37. The third-order valence-corrected chi connectivity index (χ3v) is 6.63. The van der Waals surface area contributed by atoms with E-state index in [0.29, 0.717) is 12.0 Å². The summed E-state index contributed by atoms with van der Waals surface area (Å²) in [4.78, 5) is 9.38. The zero-order valence-electron chi connectivity index (χ0n) is 16.0. The molecule has 4 heterocycles. The van der Waals surface area contributed by atoms with E-state index in [9.17, 15) is 0 Å². The molecule has 0 radical (unpaired) electrons. The Morgan fingerprint density at radius 1 is 1.14 bits per heavy atom. The lowest BCUT2D eigenvalue weighted by Crippen LogP contribution is -2.29. The van der Waals surface area contributed by atoms with Gasteiger partial charge in [-0.25, -0.2) is 4.98 Å². The van der Waals surface area contributed by atoms with Crippen LogP contribution in [-0.2, 0) is 0 Å². The van der Waals surface area contributed by atoms with Crippen LogP contribution in [0.5, 0.6) is 0 Å². The molecule has 5 rings (SSSR count). The van der Waals surface area contributed by atoms with Crippen molar-refractivity contribution in [1.29, 1.82) is 0 Å². The first-order chi connectivity index (χ1) is 13.7. The van der Waals surface area contributed by atoms with Gasteiger partial charge in [-0.05, 0) is 55.5 Å². The third kappa shape index (κ3) is 3.64. The smallest absolute Gasteiger partial charge is 0.211 e. The Labute approximate surface area is 168 Å². The summed E-state index contributed by atoms with van der Waals surface area (Å²) < 4.78 is 0. The van der Waals surface area contributed by atoms with E-state index in [0.717, 1.165) is 45.5 Å². The van der Waals surface area contributed by atoms with Crippen molar-refractivity contribution in [2.24, 2.45) is 0 Å². The Morgan fingerprint density at radius 3 is 2.89 bits per heavy atom. The zero-order chi connectivity index (χ0) is 18.9. The third-order valence-electron chi connectivity index (χ3n) is 5.63. The summed E-state index contributed by atoms with van der Waals surface area (Å²) >= 11 is 1.65. The number of nitrogens with one attached hydrogen (secondary N) is 2. The first-order valence-electron chi connectivity index (χ1n) is 10.0. The molecule has 2 N–H and O–H groups in total. The van der Waals surface area contributed by atoms with Gasteiger partial charge in [0, 0.05) is 24.7 Å². The summed E-state index contributed by atoms with van der Waals surface area (Å²) in [6.45, 7) is 3.12. The van der Waals surface area contributed by atoms with E-state index in [1.807, 2.05) is 18.3 Å². The highest BCUT2D eigenvalue weighted by atomic mass is 32.1. The fourth-order valence-corrected chi connectivity index (χ4v) is 5.01. The van der Waals surface area contributed by atoms with Crippen molar-refractivity contribution in [2.45, 2.75) is 51.0 Å². The monoisotopic (exact) mass is 392 g/mol. The maximum Gasteiger partial charge on any atom is 0.211 e. The largest absolute Gasteiger partial charge is 0.315 e. The summed E-state index contributed by atoms with van der Waals surface area (Å²) in [7, 11) is 0. The van der Waals surface area contributed by atoms with Gasteiger partial charge in [-0.3, -0.25) is 4.98 Å². The van der Waals surface area contributed by atoms with E-state index < -0.39 is 0 Å². The Morgan fingerprint density at radius 2 is 2.04 bits per heavy atom. The van der Waals surface area contributed by atoms with Crippen molar-refractivity contribution in [3.63, 3.8) is 0 Å². The molecule has 0 spiro atoms. The van der Waals surface area contributed by atoms with E-state index in [1.165, 1.54) is 31.3 Å². The second kappa shape index (κ2) is 7.56. The van der Waals surface area contributed by atoms with Crippen LogP contribution in [0.1, 0.15) is 55.5 Å². The summed E-state index contributed by atoms with van der Waals surface area (Å²) in [6.07, 6.45) is 10.3. The lowest BCUT2D eigenvalue weighted by Gasteiger charge is -2.20. The molecule has 1 aliphatic carbocycles. The lowest BCUT2D eigenvalue weighted by molar-refractivity contribution is 0.579. The molecular formula is C21H24N6S. The van der Waals surface area contributed by atoms with Gasteiger partial charge < -0.3 is 10.6 Å². The van der Waals surface area contributed by atoms with E-state index in [1.54, 1.807) is 11.3 Å². The number of rotatable bonds is 4. The Balaban J connectivity index is 1.38. The molecular weight excluding hydrogens is 368 g/mol. The van der Waals surface area contributed by atoms with Gasteiger partial charge in [-0.1, -0.05) is 30.3 Å². The molecule has 6 nitrogen and oxygen atoms in total. The molecule has 0 saturated heterocycles. The number of aromatic nitrogens is 4. The molecule has 0 aromatic carbocycles. The minimum absolute atomic E-state index is 0.489. The van der Waals surface area contributed by atoms with Crippen LogP contribution in [0.25, 0.3) is 16.6 Å². The fraction of sp³-hybridized carbons (Fsp3) is 0.429. The van der Waals surface area contributed by atoms with Gasteiger partial charge in [0.15, 0.2) is 0 Å². The van der Waals surface area contributed by atoms with Crippen molar-refractivity contribution in [3.05, 3.63) is 41.0 Å². The number of nitrogens with zero attached hydrogens (tertiary/aromatic N) is 4. The summed E-state index contributed by atoms with van der Waals surface area (Å²) in [5, 5.41) is 17.4. The molecule has 1 atom stereocenters. The summed E-state index contributed by atoms with van der Waals surface area (Å²) in [6, 6.07) is 6.59. The lowest BCUT2D eigenvalue weighted by atomic mass is 9.97. The maximum absolute atomic E-state index is 4.77. The van der Waals surface area contributed by atoms with Crippen LogP contribution in [0.3, 0.4) is 0 Å². The van der Waals surface area contributed by atoms with Gasteiger partial charge in [-0.15, -0.1) is 10.2 Å². The Hall–Kier alpha value is -2.38. The van der Waals surface area contributed by atoms with Crippen LogP contribution in [0.15, 0.2) is 30.5 Å². The van der Waals surface area contributed by atoms with Gasteiger partial charge in [0.1, 0.15) is 10.8 Å². The summed E-state index contributed by atoms with van der Waals surface area (Å²) in [5.74, 6) is 1.37. The molecule has 1 aliphatic heterocycles. The van der Waals surface area contributed by atoms with Crippen LogP contribution in [0.2, 0.25) is 0 Å². The van der Waals surface area contributed by atoms with Crippen LogP contribution in [-0.4, -0.2) is 32.8 Å².